The second-order valence-corrected chi connectivity index (χ2v) is 8.11. The molecule has 0 saturated heterocycles. The Balaban J connectivity index is 1.90. The van der Waals surface area contributed by atoms with Gasteiger partial charge in [0.05, 0.1) is 5.60 Å². The molecule has 1 aromatic rings. The summed E-state index contributed by atoms with van der Waals surface area (Å²) in [5.74, 6) is -1.58. The first-order valence-corrected chi connectivity index (χ1v) is 8.96. The fraction of sp³-hybridized carbons (Fsp3) is 0.556. The number of nitrogens with one attached hydrogen (secondary N) is 1. The van der Waals surface area contributed by atoms with Crippen molar-refractivity contribution in [1.82, 2.24) is 5.32 Å². The number of carboxylic acids is 1. The maximum absolute atomic E-state index is 12.4. The van der Waals surface area contributed by atoms with Gasteiger partial charge in [0, 0.05) is 29.0 Å². The third-order valence-corrected chi connectivity index (χ3v) is 4.61. The number of carboxylic acid groups (broad SMARTS) is 1. The largest absolute Gasteiger partial charge is 0.480 e. The van der Waals surface area contributed by atoms with Crippen LogP contribution in [0.25, 0.3) is 0 Å². The highest BCUT2D eigenvalue weighted by molar-refractivity contribution is 6.35. The molecule has 3 unspecified atom stereocenters. The van der Waals surface area contributed by atoms with E-state index in [9.17, 15) is 14.7 Å². The standard InChI is InChI=1S/C18H23Cl2NO4/c1-18(2,3)25-7-6-15(17(23)24)21-16(22)13-9-12(13)11-5-4-10(19)8-14(11)20/h4-5,8,12-13,15H,6-7,9H2,1-3H3,(H,21,22)(H,23,24). The predicted octanol–water partition coefficient (Wildman–Crippen LogP) is 3.87. The lowest BCUT2D eigenvalue weighted by molar-refractivity contribution is -0.143. The minimum atomic E-state index is -1.06. The Bertz CT molecular complexity index is 657. The van der Waals surface area contributed by atoms with Crippen LogP contribution in [0.4, 0.5) is 0 Å². The lowest BCUT2D eigenvalue weighted by atomic mass is 10.1. The van der Waals surface area contributed by atoms with Crippen molar-refractivity contribution < 1.29 is 19.4 Å². The average Bonchev–Trinajstić information content (AvgIpc) is 3.25. The van der Waals surface area contributed by atoms with E-state index in [1.807, 2.05) is 26.8 Å². The third kappa shape index (κ3) is 5.87. The molecule has 1 aromatic carbocycles. The molecule has 0 spiro atoms. The van der Waals surface area contributed by atoms with Gasteiger partial charge in [0.25, 0.3) is 0 Å². The molecule has 1 saturated carbocycles. The number of hydrogen-bond acceptors (Lipinski definition) is 3. The van der Waals surface area contributed by atoms with Gasteiger partial charge in [-0.2, -0.15) is 0 Å². The highest BCUT2D eigenvalue weighted by Crippen LogP contribution is 2.50. The van der Waals surface area contributed by atoms with Crippen molar-refractivity contribution in [1.29, 1.82) is 0 Å². The number of benzene rings is 1. The molecule has 1 amide bonds. The zero-order valence-electron chi connectivity index (χ0n) is 14.5. The van der Waals surface area contributed by atoms with Gasteiger partial charge < -0.3 is 15.2 Å². The molecular weight excluding hydrogens is 365 g/mol. The first-order chi connectivity index (χ1) is 11.6. The summed E-state index contributed by atoms with van der Waals surface area (Å²) in [6.07, 6.45) is 0.870. The predicted molar refractivity (Wildman–Crippen MR) is 97.2 cm³/mol. The summed E-state index contributed by atoms with van der Waals surface area (Å²) < 4.78 is 5.54. The van der Waals surface area contributed by atoms with Crippen LogP contribution < -0.4 is 5.32 Å². The van der Waals surface area contributed by atoms with Gasteiger partial charge in [-0.05, 0) is 50.8 Å². The number of carbonyl (C=O) groups is 2. The van der Waals surface area contributed by atoms with Crippen LogP contribution in [0.3, 0.4) is 0 Å². The number of carbonyl (C=O) groups excluding carboxylic acids is 1. The fourth-order valence-corrected chi connectivity index (χ4v) is 3.20. The molecule has 138 valence electrons. The zero-order valence-corrected chi connectivity index (χ0v) is 16.0. The molecule has 0 aromatic heterocycles. The highest BCUT2D eigenvalue weighted by Gasteiger charge is 2.45. The van der Waals surface area contributed by atoms with E-state index in [2.05, 4.69) is 5.32 Å². The van der Waals surface area contributed by atoms with E-state index in [1.165, 1.54) is 0 Å². The van der Waals surface area contributed by atoms with Crippen molar-refractivity contribution >= 4 is 35.1 Å². The molecule has 0 bridgehead atoms. The minimum Gasteiger partial charge on any atom is -0.480 e. The zero-order chi connectivity index (χ0) is 18.8. The Hall–Kier alpha value is -1.30. The number of amides is 1. The van der Waals surface area contributed by atoms with Crippen LogP contribution in [0.15, 0.2) is 18.2 Å². The number of aliphatic carboxylic acids is 1. The summed E-state index contributed by atoms with van der Waals surface area (Å²) in [5, 5.41) is 13.0. The Kier molecular flexibility index (Phi) is 6.35. The topological polar surface area (TPSA) is 75.6 Å². The van der Waals surface area contributed by atoms with Crippen LogP contribution in [0.2, 0.25) is 10.0 Å². The number of rotatable bonds is 7. The molecule has 2 N–H and O–H groups in total. The summed E-state index contributed by atoms with van der Waals surface area (Å²) in [6, 6.07) is 4.24. The van der Waals surface area contributed by atoms with Gasteiger partial charge in [-0.3, -0.25) is 4.79 Å². The quantitative estimate of drug-likeness (QED) is 0.744. The molecular formula is C18H23Cl2NO4. The molecule has 25 heavy (non-hydrogen) atoms. The van der Waals surface area contributed by atoms with E-state index in [0.29, 0.717) is 16.5 Å². The van der Waals surface area contributed by atoms with E-state index in [1.54, 1.807) is 12.1 Å². The Labute approximate surface area is 157 Å². The SMILES string of the molecule is CC(C)(C)OCCC(NC(=O)C1CC1c1ccc(Cl)cc1Cl)C(=O)O. The van der Waals surface area contributed by atoms with Crippen molar-refractivity contribution in [2.24, 2.45) is 5.92 Å². The lowest BCUT2D eigenvalue weighted by Gasteiger charge is -2.21. The summed E-state index contributed by atoms with van der Waals surface area (Å²) in [5.41, 5.74) is 0.522. The van der Waals surface area contributed by atoms with Crippen LogP contribution in [-0.4, -0.2) is 35.2 Å². The lowest BCUT2D eigenvalue weighted by Crippen LogP contribution is -2.42. The van der Waals surface area contributed by atoms with Gasteiger partial charge in [-0.25, -0.2) is 4.79 Å². The highest BCUT2D eigenvalue weighted by atomic mass is 35.5. The smallest absolute Gasteiger partial charge is 0.326 e. The average molecular weight is 388 g/mol. The molecule has 0 radical (unpaired) electrons. The number of ether oxygens (including phenoxy) is 1. The number of hydrogen-bond donors (Lipinski definition) is 2. The molecule has 5 nitrogen and oxygen atoms in total. The molecule has 1 fully saturated rings. The molecule has 0 heterocycles. The van der Waals surface area contributed by atoms with Gasteiger partial charge in [0.15, 0.2) is 0 Å². The Morgan fingerprint density at radius 1 is 1.36 bits per heavy atom. The van der Waals surface area contributed by atoms with Crippen molar-refractivity contribution in [2.45, 2.75) is 51.2 Å². The summed E-state index contributed by atoms with van der Waals surface area (Å²) in [4.78, 5) is 23.7. The molecule has 1 aliphatic carbocycles. The van der Waals surface area contributed by atoms with E-state index >= 15 is 0 Å². The van der Waals surface area contributed by atoms with E-state index in [0.717, 1.165) is 5.56 Å². The van der Waals surface area contributed by atoms with Gasteiger partial charge in [-0.1, -0.05) is 29.3 Å². The van der Waals surface area contributed by atoms with E-state index < -0.39 is 12.0 Å². The van der Waals surface area contributed by atoms with E-state index in [-0.39, 0.29) is 36.4 Å². The van der Waals surface area contributed by atoms with E-state index in [4.69, 9.17) is 27.9 Å². The summed E-state index contributed by atoms with van der Waals surface area (Å²) >= 11 is 12.1. The van der Waals surface area contributed by atoms with Crippen LogP contribution >= 0.6 is 23.2 Å². The molecule has 1 aliphatic rings. The van der Waals surface area contributed by atoms with Gasteiger partial charge in [0.1, 0.15) is 6.04 Å². The maximum Gasteiger partial charge on any atom is 0.326 e. The third-order valence-electron chi connectivity index (χ3n) is 4.05. The summed E-state index contributed by atoms with van der Waals surface area (Å²) in [7, 11) is 0. The molecule has 7 heteroatoms. The van der Waals surface area contributed by atoms with Gasteiger partial charge in [-0.15, -0.1) is 0 Å². The Morgan fingerprint density at radius 2 is 2.04 bits per heavy atom. The first kappa shape index (κ1) is 20.0. The van der Waals surface area contributed by atoms with Crippen LogP contribution in [0.5, 0.6) is 0 Å². The van der Waals surface area contributed by atoms with Crippen molar-refractivity contribution in [3.8, 4) is 0 Å². The summed E-state index contributed by atoms with van der Waals surface area (Å²) in [6.45, 7) is 5.95. The number of halogens is 2. The van der Waals surface area contributed by atoms with Gasteiger partial charge >= 0.3 is 5.97 Å². The minimum absolute atomic E-state index is 0.00466. The molecule has 3 atom stereocenters. The van der Waals surface area contributed by atoms with Crippen molar-refractivity contribution in [3.63, 3.8) is 0 Å². The second kappa shape index (κ2) is 7.94. The first-order valence-electron chi connectivity index (χ1n) is 8.20. The Morgan fingerprint density at radius 3 is 2.60 bits per heavy atom. The molecule has 0 aliphatic heterocycles. The van der Waals surface area contributed by atoms with Crippen molar-refractivity contribution in [2.75, 3.05) is 6.61 Å². The van der Waals surface area contributed by atoms with Crippen LogP contribution in [-0.2, 0) is 14.3 Å². The van der Waals surface area contributed by atoms with Crippen molar-refractivity contribution in [3.05, 3.63) is 33.8 Å². The van der Waals surface area contributed by atoms with Gasteiger partial charge in [0.2, 0.25) is 5.91 Å². The van der Waals surface area contributed by atoms with Crippen LogP contribution in [0.1, 0.15) is 45.1 Å². The fourth-order valence-electron chi connectivity index (χ4n) is 2.65. The normalized spacial score (nSPS) is 20.8. The second-order valence-electron chi connectivity index (χ2n) is 7.26. The van der Waals surface area contributed by atoms with Crippen LogP contribution in [0, 0.1) is 5.92 Å². The molecule has 2 rings (SSSR count). The monoisotopic (exact) mass is 387 g/mol. The maximum atomic E-state index is 12.4.